The Labute approximate surface area is 141 Å². The number of anilines is 1. The van der Waals surface area contributed by atoms with Crippen molar-refractivity contribution in [2.24, 2.45) is 5.10 Å². The van der Waals surface area contributed by atoms with Crippen LogP contribution in [0, 0.1) is 11.3 Å². The first-order chi connectivity index (χ1) is 11.0. The van der Waals surface area contributed by atoms with Gasteiger partial charge in [-0.1, -0.05) is 6.58 Å². The Kier molecular flexibility index (Phi) is 5.03. The highest BCUT2D eigenvalue weighted by molar-refractivity contribution is 9.10. The minimum Gasteiger partial charge on any atom is -0.503 e. The van der Waals surface area contributed by atoms with E-state index in [1.165, 1.54) is 13.3 Å². The number of ether oxygens (including phenoxy) is 1. The Bertz CT molecular complexity index is 821. The Balaban J connectivity index is 2.21. The summed E-state index contributed by atoms with van der Waals surface area (Å²) in [7, 11) is 1.45. The van der Waals surface area contributed by atoms with Gasteiger partial charge in [0.15, 0.2) is 11.5 Å². The number of nitriles is 1. The molecule has 0 saturated heterocycles. The average Bonchev–Trinajstić information content (AvgIpc) is 2.94. The fourth-order valence-electron chi connectivity index (χ4n) is 1.64. The lowest BCUT2D eigenvalue weighted by molar-refractivity contribution is 0.372. The molecule has 1 heterocycles. The van der Waals surface area contributed by atoms with Crippen molar-refractivity contribution in [2.75, 3.05) is 12.5 Å². The number of halogens is 1. The third kappa shape index (κ3) is 3.70. The molecule has 1 aromatic heterocycles. The molecule has 0 fully saturated rings. The number of oxazole rings is 1. The molecule has 0 saturated carbocycles. The summed E-state index contributed by atoms with van der Waals surface area (Å²) in [6, 6.07) is 5.18. The van der Waals surface area contributed by atoms with Crippen LogP contribution in [0.3, 0.4) is 0 Å². The van der Waals surface area contributed by atoms with Gasteiger partial charge >= 0.3 is 0 Å². The number of hydrogen-bond acceptors (Lipinski definition) is 7. The van der Waals surface area contributed by atoms with Gasteiger partial charge in [0, 0.05) is 5.57 Å². The highest BCUT2D eigenvalue weighted by atomic mass is 79.9. The smallest absolute Gasteiger partial charge is 0.252 e. The van der Waals surface area contributed by atoms with Gasteiger partial charge in [-0.15, -0.1) is 0 Å². The van der Waals surface area contributed by atoms with E-state index < -0.39 is 0 Å². The fraction of sp³-hybridized carbons (Fsp3) is 0.133. The van der Waals surface area contributed by atoms with Crippen molar-refractivity contribution in [1.29, 1.82) is 5.26 Å². The van der Waals surface area contributed by atoms with Crippen LogP contribution in [0.1, 0.15) is 24.1 Å². The van der Waals surface area contributed by atoms with E-state index in [0.717, 1.165) is 0 Å². The number of aromatic hydroxyl groups is 1. The quantitative estimate of drug-likeness (QED) is 0.611. The lowest BCUT2D eigenvalue weighted by Gasteiger charge is -2.06. The zero-order valence-corrected chi connectivity index (χ0v) is 14.0. The van der Waals surface area contributed by atoms with Crippen molar-refractivity contribution in [2.45, 2.75) is 6.92 Å². The van der Waals surface area contributed by atoms with E-state index in [1.807, 2.05) is 6.07 Å². The SMILES string of the molecule is C=C(C)c1nc(C#N)c(N/N=C/c2cc(Br)c(O)c(OC)c2)o1. The van der Waals surface area contributed by atoms with Gasteiger partial charge in [-0.3, -0.25) is 0 Å². The largest absolute Gasteiger partial charge is 0.503 e. The maximum atomic E-state index is 9.75. The second kappa shape index (κ2) is 6.98. The zero-order valence-electron chi connectivity index (χ0n) is 12.4. The molecule has 0 aliphatic heterocycles. The predicted molar refractivity (Wildman–Crippen MR) is 89.5 cm³/mol. The average molecular weight is 377 g/mol. The van der Waals surface area contributed by atoms with Crippen LogP contribution in [-0.4, -0.2) is 23.4 Å². The molecule has 118 valence electrons. The molecule has 1 aromatic carbocycles. The van der Waals surface area contributed by atoms with Gasteiger partial charge in [-0.05, 0) is 40.5 Å². The second-order valence-corrected chi connectivity index (χ2v) is 5.37. The maximum Gasteiger partial charge on any atom is 0.252 e. The summed E-state index contributed by atoms with van der Waals surface area (Å²) in [5, 5.41) is 22.8. The number of benzene rings is 1. The van der Waals surface area contributed by atoms with Gasteiger partial charge in [0.05, 0.1) is 17.8 Å². The van der Waals surface area contributed by atoms with Gasteiger partial charge < -0.3 is 14.3 Å². The molecule has 0 aliphatic rings. The molecule has 0 spiro atoms. The highest BCUT2D eigenvalue weighted by Crippen LogP contribution is 2.34. The minimum atomic E-state index is 0.00529. The number of allylic oxidation sites excluding steroid dienone is 1. The molecule has 2 rings (SSSR count). The molecule has 23 heavy (non-hydrogen) atoms. The standard InChI is InChI=1S/C15H13BrN4O3/c1-8(2)14-19-11(6-17)15(23-14)20-18-7-9-4-10(16)13(21)12(5-9)22-3/h4-5,7,20-21H,1H2,2-3H3/b18-7+. The van der Waals surface area contributed by atoms with Crippen LogP contribution in [0.2, 0.25) is 0 Å². The lowest BCUT2D eigenvalue weighted by atomic mass is 10.2. The summed E-state index contributed by atoms with van der Waals surface area (Å²) in [5.74, 6) is 0.716. The first kappa shape index (κ1) is 16.6. The number of phenolic OH excluding ortho intramolecular Hbond substituents is 1. The van der Waals surface area contributed by atoms with Gasteiger partial charge in [0.25, 0.3) is 5.88 Å². The number of rotatable bonds is 5. The summed E-state index contributed by atoms with van der Waals surface area (Å²) < 4.78 is 10.9. The van der Waals surface area contributed by atoms with E-state index in [9.17, 15) is 5.11 Å². The number of phenols is 1. The molecule has 0 unspecified atom stereocenters. The third-order valence-electron chi connectivity index (χ3n) is 2.75. The molecular formula is C15H13BrN4O3. The molecule has 0 radical (unpaired) electrons. The van der Waals surface area contributed by atoms with Gasteiger partial charge in [0.1, 0.15) is 6.07 Å². The number of hydrogen-bond donors (Lipinski definition) is 2. The second-order valence-electron chi connectivity index (χ2n) is 4.51. The topological polar surface area (TPSA) is 104 Å². The number of nitrogens with one attached hydrogen (secondary N) is 1. The van der Waals surface area contributed by atoms with Crippen molar-refractivity contribution < 1.29 is 14.3 Å². The molecule has 0 aliphatic carbocycles. The van der Waals surface area contributed by atoms with Crippen LogP contribution < -0.4 is 10.2 Å². The van der Waals surface area contributed by atoms with Crippen molar-refractivity contribution >= 4 is 33.6 Å². The molecule has 0 bridgehead atoms. The van der Waals surface area contributed by atoms with Crippen molar-refractivity contribution in [3.05, 3.63) is 40.3 Å². The molecule has 2 aromatic rings. The Morgan fingerprint density at radius 1 is 1.61 bits per heavy atom. The van der Waals surface area contributed by atoms with Crippen molar-refractivity contribution in [1.82, 2.24) is 4.98 Å². The minimum absolute atomic E-state index is 0.00529. The summed E-state index contributed by atoms with van der Waals surface area (Å²) in [4.78, 5) is 3.98. The molecular weight excluding hydrogens is 364 g/mol. The van der Waals surface area contributed by atoms with E-state index in [0.29, 0.717) is 21.4 Å². The highest BCUT2D eigenvalue weighted by Gasteiger charge is 2.12. The zero-order chi connectivity index (χ0) is 17.0. The summed E-state index contributed by atoms with van der Waals surface area (Å²) in [5.41, 5.74) is 3.97. The number of nitrogens with zero attached hydrogens (tertiary/aromatic N) is 3. The summed E-state index contributed by atoms with van der Waals surface area (Å²) in [6.07, 6.45) is 1.48. The lowest BCUT2D eigenvalue weighted by Crippen LogP contribution is -1.93. The Morgan fingerprint density at radius 3 is 2.96 bits per heavy atom. The van der Waals surface area contributed by atoms with E-state index in [1.54, 1.807) is 19.1 Å². The predicted octanol–water partition coefficient (Wildman–Crippen LogP) is 3.50. The van der Waals surface area contributed by atoms with Crippen LogP contribution in [0.5, 0.6) is 11.5 Å². The first-order valence-corrected chi connectivity index (χ1v) is 7.18. The third-order valence-corrected chi connectivity index (χ3v) is 3.35. The molecule has 0 atom stereocenters. The monoisotopic (exact) mass is 376 g/mol. The van der Waals surface area contributed by atoms with Crippen LogP contribution in [0.15, 0.2) is 32.7 Å². The Morgan fingerprint density at radius 2 is 2.35 bits per heavy atom. The van der Waals surface area contributed by atoms with E-state index >= 15 is 0 Å². The number of hydrazone groups is 1. The molecule has 2 N–H and O–H groups in total. The number of methoxy groups -OCH3 is 1. The van der Waals surface area contributed by atoms with Gasteiger partial charge in [-0.25, -0.2) is 5.43 Å². The van der Waals surface area contributed by atoms with Gasteiger partial charge in [-0.2, -0.15) is 15.3 Å². The van der Waals surface area contributed by atoms with E-state index in [4.69, 9.17) is 14.4 Å². The number of aromatic nitrogens is 1. The van der Waals surface area contributed by atoms with Gasteiger partial charge in [0.2, 0.25) is 11.6 Å². The van der Waals surface area contributed by atoms with Crippen LogP contribution in [0.25, 0.3) is 5.57 Å². The summed E-state index contributed by atoms with van der Waals surface area (Å²) in [6.45, 7) is 5.43. The fourth-order valence-corrected chi connectivity index (χ4v) is 2.10. The van der Waals surface area contributed by atoms with E-state index in [2.05, 4.69) is 38.0 Å². The Hall–Kier alpha value is -2.79. The maximum absolute atomic E-state index is 9.75. The van der Waals surface area contributed by atoms with Crippen LogP contribution in [0.4, 0.5) is 5.88 Å². The van der Waals surface area contributed by atoms with Crippen LogP contribution in [-0.2, 0) is 0 Å². The molecule has 0 amide bonds. The normalized spacial score (nSPS) is 10.5. The van der Waals surface area contributed by atoms with Crippen molar-refractivity contribution in [3.63, 3.8) is 0 Å². The molecule has 8 heteroatoms. The van der Waals surface area contributed by atoms with E-state index in [-0.39, 0.29) is 23.2 Å². The van der Waals surface area contributed by atoms with Crippen LogP contribution >= 0.6 is 15.9 Å². The first-order valence-electron chi connectivity index (χ1n) is 6.38. The molecule has 7 nitrogen and oxygen atoms in total. The summed E-state index contributed by atoms with van der Waals surface area (Å²) >= 11 is 3.22. The van der Waals surface area contributed by atoms with Crippen molar-refractivity contribution in [3.8, 4) is 17.6 Å².